The SMILES string of the molecule is CCCCc1ccc(CC(=O)NCCC(=O)N2CCCC2)cc1. The molecule has 1 N–H and O–H groups in total. The molecule has 0 aromatic heterocycles. The van der Waals surface area contributed by atoms with Crippen LogP contribution in [0.1, 0.15) is 50.2 Å². The lowest BCUT2D eigenvalue weighted by Crippen LogP contribution is -2.33. The lowest BCUT2D eigenvalue weighted by Gasteiger charge is -2.15. The van der Waals surface area contributed by atoms with Crippen molar-refractivity contribution in [3.8, 4) is 0 Å². The molecule has 0 saturated carbocycles. The van der Waals surface area contributed by atoms with Crippen molar-refractivity contribution in [1.82, 2.24) is 10.2 Å². The zero-order valence-corrected chi connectivity index (χ0v) is 14.1. The van der Waals surface area contributed by atoms with Gasteiger partial charge in [0.05, 0.1) is 6.42 Å². The number of hydrogen-bond acceptors (Lipinski definition) is 2. The van der Waals surface area contributed by atoms with E-state index in [-0.39, 0.29) is 11.8 Å². The van der Waals surface area contributed by atoms with Crippen molar-refractivity contribution >= 4 is 11.8 Å². The Morgan fingerprint density at radius 3 is 2.39 bits per heavy atom. The van der Waals surface area contributed by atoms with Crippen LogP contribution in [0.5, 0.6) is 0 Å². The van der Waals surface area contributed by atoms with Crippen LogP contribution in [0.15, 0.2) is 24.3 Å². The highest BCUT2D eigenvalue weighted by molar-refractivity contribution is 5.80. The highest BCUT2D eigenvalue weighted by atomic mass is 16.2. The molecule has 0 atom stereocenters. The summed E-state index contributed by atoms with van der Waals surface area (Å²) in [6.45, 7) is 4.37. The fourth-order valence-corrected chi connectivity index (χ4v) is 2.89. The molecular weight excluding hydrogens is 288 g/mol. The first-order valence-electron chi connectivity index (χ1n) is 8.81. The van der Waals surface area contributed by atoms with Crippen molar-refractivity contribution in [3.63, 3.8) is 0 Å². The monoisotopic (exact) mass is 316 g/mol. The van der Waals surface area contributed by atoms with Crippen molar-refractivity contribution < 1.29 is 9.59 Å². The minimum Gasteiger partial charge on any atom is -0.355 e. The highest BCUT2D eigenvalue weighted by Gasteiger charge is 2.17. The predicted octanol–water partition coefficient (Wildman–Crippen LogP) is 2.70. The van der Waals surface area contributed by atoms with Crippen LogP contribution < -0.4 is 5.32 Å². The van der Waals surface area contributed by atoms with Crippen LogP contribution in [0.25, 0.3) is 0 Å². The van der Waals surface area contributed by atoms with Gasteiger partial charge in [0.25, 0.3) is 0 Å². The van der Waals surface area contributed by atoms with Gasteiger partial charge in [-0.1, -0.05) is 37.6 Å². The Bertz CT molecular complexity index is 505. The highest BCUT2D eigenvalue weighted by Crippen LogP contribution is 2.09. The Morgan fingerprint density at radius 2 is 1.74 bits per heavy atom. The number of aryl methyl sites for hydroxylation is 1. The zero-order valence-electron chi connectivity index (χ0n) is 14.1. The maximum absolute atomic E-state index is 11.9. The number of amides is 2. The van der Waals surface area contributed by atoms with Crippen molar-refractivity contribution in [3.05, 3.63) is 35.4 Å². The molecular formula is C19H28N2O2. The molecule has 0 bridgehead atoms. The van der Waals surface area contributed by atoms with E-state index in [0.29, 0.717) is 19.4 Å². The summed E-state index contributed by atoms with van der Waals surface area (Å²) in [4.78, 5) is 25.7. The van der Waals surface area contributed by atoms with E-state index in [4.69, 9.17) is 0 Å². The quantitative estimate of drug-likeness (QED) is 0.801. The maximum atomic E-state index is 11.9. The molecule has 0 spiro atoms. The number of nitrogens with zero attached hydrogens (tertiary/aromatic N) is 1. The fourth-order valence-electron chi connectivity index (χ4n) is 2.89. The lowest BCUT2D eigenvalue weighted by molar-refractivity contribution is -0.130. The topological polar surface area (TPSA) is 49.4 Å². The molecule has 1 aromatic rings. The molecule has 1 aromatic carbocycles. The van der Waals surface area contributed by atoms with Gasteiger partial charge in [-0.25, -0.2) is 0 Å². The molecule has 23 heavy (non-hydrogen) atoms. The van der Waals surface area contributed by atoms with Crippen molar-refractivity contribution in [2.45, 2.75) is 51.9 Å². The van der Waals surface area contributed by atoms with Crippen molar-refractivity contribution in [2.75, 3.05) is 19.6 Å². The van der Waals surface area contributed by atoms with Gasteiger partial charge in [-0.05, 0) is 36.8 Å². The molecule has 2 amide bonds. The molecule has 0 radical (unpaired) electrons. The Labute approximate surface area is 139 Å². The molecule has 4 heteroatoms. The average molecular weight is 316 g/mol. The summed E-state index contributed by atoms with van der Waals surface area (Å²) in [5, 5.41) is 2.85. The van der Waals surface area contributed by atoms with Gasteiger partial charge in [-0.3, -0.25) is 9.59 Å². The number of likely N-dealkylation sites (tertiary alicyclic amines) is 1. The molecule has 0 aliphatic carbocycles. The number of hydrogen-bond donors (Lipinski definition) is 1. The second-order valence-corrected chi connectivity index (χ2v) is 6.28. The minimum atomic E-state index is -0.0134. The van der Waals surface area contributed by atoms with Crippen LogP contribution >= 0.6 is 0 Å². The minimum absolute atomic E-state index is 0.0134. The Kier molecular flexibility index (Phi) is 7.11. The lowest BCUT2D eigenvalue weighted by atomic mass is 10.0. The summed E-state index contributed by atoms with van der Waals surface area (Å²) in [6, 6.07) is 8.27. The van der Waals surface area contributed by atoms with E-state index in [1.165, 1.54) is 18.4 Å². The number of carbonyl (C=O) groups excluding carboxylic acids is 2. The van der Waals surface area contributed by atoms with Gasteiger partial charge >= 0.3 is 0 Å². The normalized spacial score (nSPS) is 14.0. The van der Waals surface area contributed by atoms with Crippen LogP contribution in [0.2, 0.25) is 0 Å². The Balaban J connectivity index is 1.66. The van der Waals surface area contributed by atoms with E-state index in [0.717, 1.165) is 37.9 Å². The van der Waals surface area contributed by atoms with Crippen LogP contribution in [-0.4, -0.2) is 36.3 Å². The first-order chi connectivity index (χ1) is 11.2. The summed E-state index contributed by atoms with van der Waals surface area (Å²) >= 11 is 0. The number of benzene rings is 1. The van der Waals surface area contributed by atoms with Gasteiger partial charge in [-0.2, -0.15) is 0 Å². The molecule has 4 nitrogen and oxygen atoms in total. The van der Waals surface area contributed by atoms with E-state index in [9.17, 15) is 9.59 Å². The third-order valence-corrected chi connectivity index (χ3v) is 4.33. The molecule has 0 unspecified atom stereocenters. The van der Waals surface area contributed by atoms with E-state index >= 15 is 0 Å². The molecule has 1 aliphatic rings. The largest absolute Gasteiger partial charge is 0.355 e. The fraction of sp³-hybridized carbons (Fsp3) is 0.579. The van der Waals surface area contributed by atoms with Crippen LogP contribution in [0.3, 0.4) is 0 Å². The number of unbranched alkanes of at least 4 members (excludes halogenated alkanes) is 1. The van der Waals surface area contributed by atoms with Gasteiger partial charge in [0.2, 0.25) is 11.8 Å². The van der Waals surface area contributed by atoms with Gasteiger partial charge in [0, 0.05) is 26.1 Å². The third kappa shape index (κ3) is 6.05. The Hall–Kier alpha value is -1.84. The van der Waals surface area contributed by atoms with Crippen LogP contribution in [-0.2, 0) is 22.4 Å². The van der Waals surface area contributed by atoms with Gasteiger partial charge in [0.1, 0.15) is 0 Å². The first-order valence-corrected chi connectivity index (χ1v) is 8.81. The summed E-state index contributed by atoms with van der Waals surface area (Å²) in [5.41, 5.74) is 2.35. The summed E-state index contributed by atoms with van der Waals surface area (Å²) in [6.07, 6.45) is 6.49. The molecule has 1 aliphatic heterocycles. The van der Waals surface area contributed by atoms with Crippen LogP contribution in [0.4, 0.5) is 0 Å². The molecule has 1 saturated heterocycles. The molecule has 126 valence electrons. The molecule has 1 heterocycles. The van der Waals surface area contributed by atoms with Crippen molar-refractivity contribution in [1.29, 1.82) is 0 Å². The standard InChI is InChI=1S/C19H28N2O2/c1-2-3-6-16-7-9-17(10-8-16)15-18(22)20-12-11-19(23)21-13-4-5-14-21/h7-10H,2-6,11-15H2,1H3,(H,20,22). The number of rotatable bonds is 8. The number of nitrogens with one attached hydrogen (secondary N) is 1. The molecule has 1 fully saturated rings. The Morgan fingerprint density at radius 1 is 1.09 bits per heavy atom. The smallest absolute Gasteiger partial charge is 0.224 e. The summed E-state index contributed by atoms with van der Waals surface area (Å²) in [7, 11) is 0. The van der Waals surface area contributed by atoms with Crippen LogP contribution in [0, 0.1) is 0 Å². The second-order valence-electron chi connectivity index (χ2n) is 6.28. The van der Waals surface area contributed by atoms with E-state index < -0.39 is 0 Å². The van der Waals surface area contributed by atoms with Gasteiger partial charge in [0.15, 0.2) is 0 Å². The summed E-state index contributed by atoms with van der Waals surface area (Å²) < 4.78 is 0. The van der Waals surface area contributed by atoms with Crippen molar-refractivity contribution in [2.24, 2.45) is 0 Å². The number of carbonyl (C=O) groups is 2. The van der Waals surface area contributed by atoms with Gasteiger partial charge < -0.3 is 10.2 Å². The molecule has 2 rings (SSSR count). The first kappa shape index (κ1) is 17.5. The maximum Gasteiger partial charge on any atom is 0.224 e. The van der Waals surface area contributed by atoms with E-state index in [1.807, 2.05) is 17.0 Å². The second kappa shape index (κ2) is 9.33. The van der Waals surface area contributed by atoms with E-state index in [2.05, 4.69) is 24.4 Å². The zero-order chi connectivity index (χ0) is 16.5. The predicted molar refractivity (Wildman–Crippen MR) is 92.2 cm³/mol. The van der Waals surface area contributed by atoms with Gasteiger partial charge in [-0.15, -0.1) is 0 Å². The summed E-state index contributed by atoms with van der Waals surface area (Å²) in [5.74, 6) is 0.142. The average Bonchev–Trinajstić information content (AvgIpc) is 3.08. The third-order valence-electron chi connectivity index (χ3n) is 4.33. The van der Waals surface area contributed by atoms with E-state index in [1.54, 1.807) is 0 Å².